The Hall–Kier alpha value is -1.60. The summed E-state index contributed by atoms with van der Waals surface area (Å²) in [4.78, 5) is 0. The molecule has 104 valence electrons. The predicted molar refractivity (Wildman–Crippen MR) is 93.2 cm³/mol. The van der Waals surface area contributed by atoms with Gasteiger partial charge in [-0.2, -0.15) is 0 Å². The summed E-state index contributed by atoms with van der Waals surface area (Å²) in [5, 5.41) is 2.75. The van der Waals surface area contributed by atoms with Crippen LogP contribution in [0.3, 0.4) is 0 Å². The highest BCUT2D eigenvalue weighted by Crippen LogP contribution is 2.41. The van der Waals surface area contributed by atoms with Gasteiger partial charge < -0.3 is 0 Å². The van der Waals surface area contributed by atoms with Gasteiger partial charge in [-0.15, -0.1) is 0 Å². The van der Waals surface area contributed by atoms with Crippen molar-refractivity contribution in [2.75, 3.05) is 0 Å². The van der Waals surface area contributed by atoms with Crippen LogP contribution in [0.2, 0.25) is 0 Å². The highest BCUT2D eigenvalue weighted by Gasteiger charge is 2.30. The average molecular weight is 337 g/mol. The van der Waals surface area contributed by atoms with E-state index in [0.717, 1.165) is 12.8 Å². The second kappa shape index (κ2) is 5.31. The van der Waals surface area contributed by atoms with Crippen LogP contribution in [-0.2, 0) is 0 Å². The molecule has 0 saturated carbocycles. The third-order valence-corrected chi connectivity index (χ3v) is 5.55. The molecular formula is C20H17Br. The fourth-order valence-electron chi connectivity index (χ4n) is 3.62. The molecule has 1 aromatic rings. The molecular weight excluding hydrogens is 320 g/mol. The quantitative estimate of drug-likeness (QED) is 0.727. The second-order valence-electron chi connectivity index (χ2n) is 5.79. The van der Waals surface area contributed by atoms with Crippen molar-refractivity contribution in [3.05, 3.63) is 82.8 Å². The van der Waals surface area contributed by atoms with Gasteiger partial charge in [-0.05, 0) is 34.4 Å². The lowest BCUT2D eigenvalue weighted by molar-refractivity contribution is 0.692. The van der Waals surface area contributed by atoms with Crippen LogP contribution in [0.25, 0.3) is 10.1 Å². The zero-order chi connectivity index (χ0) is 14.2. The number of rotatable bonds is 1. The summed E-state index contributed by atoms with van der Waals surface area (Å²) in [6, 6.07) is 8.80. The number of hydrogen-bond donors (Lipinski definition) is 0. The molecule has 0 nitrogen and oxygen atoms in total. The first kappa shape index (κ1) is 13.1. The number of hydrogen-bond acceptors (Lipinski definition) is 0. The summed E-state index contributed by atoms with van der Waals surface area (Å²) in [6.07, 6.45) is 18.1. The number of allylic oxidation sites excluding steroid dienone is 8. The van der Waals surface area contributed by atoms with E-state index in [2.05, 4.69) is 82.7 Å². The molecule has 0 fully saturated rings. The lowest BCUT2D eigenvalue weighted by Gasteiger charge is -2.32. The van der Waals surface area contributed by atoms with Crippen LogP contribution in [-0.4, -0.2) is 0 Å². The molecule has 3 aliphatic carbocycles. The maximum atomic E-state index is 3.87. The van der Waals surface area contributed by atoms with Gasteiger partial charge in [0.2, 0.25) is 0 Å². The van der Waals surface area contributed by atoms with Gasteiger partial charge in [-0.1, -0.05) is 82.7 Å². The maximum Gasteiger partial charge on any atom is 0.0197 e. The van der Waals surface area contributed by atoms with Gasteiger partial charge in [0.15, 0.2) is 0 Å². The van der Waals surface area contributed by atoms with E-state index in [1.165, 1.54) is 26.1 Å². The summed E-state index contributed by atoms with van der Waals surface area (Å²) < 4.78 is 1.32. The summed E-state index contributed by atoms with van der Waals surface area (Å²) in [5.41, 5.74) is 3.02. The molecule has 2 atom stereocenters. The van der Waals surface area contributed by atoms with Crippen LogP contribution < -0.4 is 10.4 Å². The Bertz CT molecular complexity index is 818. The minimum atomic E-state index is 0.437. The van der Waals surface area contributed by atoms with Crippen molar-refractivity contribution in [1.82, 2.24) is 0 Å². The zero-order valence-electron chi connectivity index (χ0n) is 11.8. The molecule has 3 aliphatic rings. The smallest absolute Gasteiger partial charge is 0.0197 e. The van der Waals surface area contributed by atoms with E-state index in [1.54, 1.807) is 0 Å². The Morgan fingerprint density at radius 3 is 2.43 bits per heavy atom. The number of halogens is 1. The van der Waals surface area contributed by atoms with Gasteiger partial charge in [0.25, 0.3) is 0 Å². The van der Waals surface area contributed by atoms with Gasteiger partial charge in [0.05, 0.1) is 0 Å². The van der Waals surface area contributed by atoms with Crippen molar-refractivity contribution in [2.24, 2.45) is 11.8 Å². The summed E-state index contributed by atoms with van der Waals surface area (Å²) in [6.45, 7) is 0. The monoisotopic (exact) mass is 336 g/mol. The van der Waals surface area contributed by atoms with E-state index < -0.39 is 0 Å². The largest absolute Gasteiger partial charge is 0.0842 e. The minimum absolute atomic E-state index is 0.437. The fourth-order valence-corrected chi connectivity index (χ4v) is 4.41. The summed E-state index contributed by atoms with van der Waals surface area (Å²) in [7, 11) is 0. The standard InChI is InChI=1S/C20H17Br/c21-20-17-12-6-4-10-15(17)19(14-8-2-1-3-9-14)16-11-5-7-13-18(16)20/h1-2,4-8,10-13,15,17H,3,9H2. The number of fused-ring (bicyclic) bond motifs is 2. The Labute approximate surface area is 133 Å². The fraction of sp³-hybridized carbons (Fsp3) is 0.200. The van der Waals surface area contributed by atoms with Crippen molar-refractivity contribution in [3.8, 4) is 0 Å². The first-order chi connectivity index (χ1) is 10.4. The van der Waals surface area contributed by atoms with Crippen LogP contribution in [0.4, 0.5) is 0 Å². The predicted octanol–water partition coefficient (Wildman–Crippen LogP) is 3.99. The molecule has 1 heteroatoms. The third-order valence-electron chi connectivity index (χ3n) is 4.60. The first-order valence-corrected chi connectivity index (χ1v) is 8.35. The van der Waals surface area contributed by atoms with Crippen molar-refractivity contribution < 1.29 is 0 Å². The Morgan fingerprint density at radius 1 is 0.905 bits per heavy atom. The average Bonchev–Trinajstić information content (AvgIpc) is 2.56. The minimum Gasteiger partial charge on any atom is -0.0842 e. The molecule has 0 saturated heterocycles. The molecule has 0 heterocycles. The number of benzene rings is 1. The van der Waals surface area contributed by atoms with Crippen LogP contribution in [0, 0.1) is 11.8 Å². The second-order valence-corrected chi connectivity index (χ2v) is 6.64. The van der Waals surface area contributed by atoms with E-state index in [1.807, 2.05) is 0 Å². The molecule has 0 amide bonds. The topological polar surface area (TPSA) is 0 Å². The molecule has 0 bridgehead atoms. The van der Waals surface area contributed by atoms with Gasteiger partial charge in [-0.25, -0.2) is 0 Å². The van der Waals surface area contributed by atoms with Gasteiger partial charge in [0.1, 0.15) is 0 Å². The molecule has 1 aromatic carbocycles. The molecule has 0 N–H and O–H groups in total. The molecule has 0 aromatic heterocycles. The Kier molecular flexibility index (Phi) is 3.31. The van der Waals surface area contributed by atoms with Crippen LogP contribution >= 0.6 is 15.9 Å². The van der Waals surface area contributed by atoms with Crippen LogP contribution in [0.15, 0.2) is 72.4 Å². The normalized spacial score (nSPS) is 26.4. The maximum absolute atomic E-state index is 3.87. The lowest BCUT2D eigenvalue weighted by Crippen LogP contribution is -2.38. The first-order valence-electron chi connectivity index (χ1n) is 7.56. The SMILES string of the molecule is BrC1=c2ccccc2=C(C2=CC=CCC2)C2C=CC=CC12. The van der Waals surface area contributed by atoms with E-state index in [-0.39, 0.29) is 0 Å². The third kappa shape index (κ3) is 2.11. The van der Waals surface area contributed by atoms with E-state index >= 15 is 0 Å². The van der Waals surface area contributed by atoms with Gasteiger partial charge >= 0.3 is 0 Å². The highest BCUT2D eigenvalue weighted by atomic mass is 79.9. The van der Waals surface area contributed by atoms with Crippen LogP contribution in [0.5, 0.6) is 0 Å². The molecule has 0 aliphatic heterocycles. The Balaban J connectivity index is 2.08. The molecule has 21 heavy (non-hydrogen) atoms. The zero-order valence-corrected chi connectivity index (χ0v) is 13.4. The summed E-state index contributed by atoms with van der Waals surface area (Å²) >= 11 is 3.87. The van der Waals surface area contributed by atoms with Crippen LogP contribution in [0.1, 0.15) is 12.8 Å². The Morgan fingerprint density at radius 2 is 1.67 bits per heavy atom. The molecule has 2 unspecified atom stereocenters. The molecule has 0 spiro atoms. The molecule has 4 rings (SSSR count). The van der Waals surface area contributed by atoms with Crippen molar-refractivity contribution in [1.29, 1.82) is 0 Å². The van der Waals surface area contributed by atoms with Crippen molar-refractivity contribution >= 4 is 26.0 Å². The highest BCUT2D eigenvalue weighted by molar-refractivity contribution is 9.14. The van der Waals surface area contributed by atoms with E-state index in [4.69, 9.17) is 0 Å². The van der Waals surface area contributed by atoms with E-state index in [9.17, 15) is 0 Å². The van der Waals surface area contributed by atoms with Crippen molar-refractivity contribution in [2.45, 2.75) is 12.8 Å². The molecule has 0 radical (unpaired) electrons. The van der Waals surface area contributed by atoms with Gasteiger partial charge in [-0.3, -0.25) is 0 Å². The summed E-state index contributed by atoms with van der Waals surface area (Å²) in [5.74, 6) is 0.892. The van der Waals surface area contributed by atoms with E-state index in [0.29, 0.717) is 11.8 Å². The van der Waals surface area contributed by atoms with Gasteiger partial charge in [0, 0.05) is 16.3 Å². The lowest BCUT2D eigenvalue weighted by atomic mass is 9.74. The van der Waals surface area contributed by atoms with Crippen molar-refractivity contribution in [3.63, 3.8) is 0 Å².